The first kappa shape index (κ1) is 13.8. The number of thiocarbonyl (C=S) groups is 1. The van der Waals surface area contributed by atoms with Gasteiger partial charge in [-0.2, -0.15) is 0 Å². The van der Waals surface area contributed by atoms with Gasteiger partial charge >= 0.3 is 0 Å². The lowest BCUT2D eigenvalue weighted by Gasteiger charge is -2.17. The normalized spacial score (nSPS) is 12.0. The summed E-state index contributed by atoms with van der Waals surface area (Å²) in [4.78, 5) is 0.795. The van der Waals surface area contributed by atoms with Crippen molar-refractivity contribution in [1.29, 1.82) is 0 Å². The number of benzene rings is 3. The predicted octanol–water partition coefficient (Wildman–Crippen LogP) is 4.87. The van der Waals surface area contributed by atoms with Gasteiger partial charge in [0.05, 0.1) is 0 Å². The molecule has 3 aromatic rings. The maximum Gasteiger partial charge on any atom is 0.107 e. The smallest absolute Gasteiger partial charge is 0.107 e. The van der Waals surface area contributed by atoms with Crippen LogP contribution in [0.2, 0.25) is 0 Å². The molecule has 0 aliphatic carbocycles. The van der Waals surface area contributed by atoms with Crippen molar-refractivity contribution >= 4 is 28.0 Å². The molecule has 0 fully saturated rings. The minimum Gasteiger partial charge on any atom is -0.369 e. The topological polar surface area (TPSA) is 12.0 Å². The summed E-state index contributed by atoms with van der Waals surface area (Å²) in [6.45, 7) is 2.13. The van der Waals surface area contributed by atoms with Crippen molar-refractivity contribution in [3.05, 3.63) is 83.9 Å². The van der Waals surface area contributed by atoms with E-state index in [0.29, 0.717) is 0 Å². The van der Waals surface area contributed by atoms with Crippen molar-refractivity contribution in [1.82, 2.24) is 5.32 Å². The van der Waals surface area contributed by atoms with Crippen molar-refractivity contribution in [2.24, 2.45) is 0 Å². The zero-order valence-electron chi connectivity index (χ0n) is 11.9. The molecule has 0 aromatic heterocycles. The first-order valence-electron chi connectivity index (χ1n) is 7.09. The third-order valence-electron chi connectivity index (χ3n) is 3.68. The monoisotopic (exact) mass is 291 g/mol. The van der Waals surface area contributed by atoms with Gasteiger partial charge in [-0.25, -0.2) is 0 Å². The van der Waals surface area contributed by atoms with Crippen LogP contribution in [-0.4, -0.2) is 4.99 Å². The summed E-state index contributed by atoms with van der Waals surface area (Å²) in [5.74, 6) is 0. The van der Waals surface area contributed by atoms with Gasteiger partial charge in [0.15, 0.2) is 0 Å². The molecule has 0 aliphatic rings. The van der Waals surface area contributed by atoms with Crippen LogP contribution in [0.5, 0.6) is 0 Å². The second kappa shape index (κ2) is 6.06. The Kier molecular flexibility index (Phi) is 3.98. The fourth-order valence-corrected chi connectivity index (χ4v) is 2.88. The Morgan fingerprint density at radius 1 is 0.857 bits per heavy atom. The predicted molar refractivity (Wildman–Crippen MR) is 93.6 cm³/mol. The van der Waals surface area contributed by atoms with E-state index in [9.17, 15) is 0 Å². The summed E-state index contributed by atoms with van der Waals surface area (Å²) in [6, 6.07) is 25.1. The largest absolute Gasteiger partial charge is 0.369 e. The number of nitrogens with one attached hydrogen (secondary N) is 1. The van der Waals surface area contributed by atoms with Crippen LogP contribution >= 0.6 is 12.2 Å². The summed E-state index contributed by atoms with van der Waals surface area (Å²) in [5, 5.41) is 5.84. The minimum absolute atomic E-state index is 0.192. The van der Waals surface area contributed by atoms with E-state index in [1.165, 1.54) is 16.3 Å². The van der Waals surface area contributed by atoms with Gasteiger partial charge in [-0.3, -0.25) is 0 Å². The Bertz CT molecular complexity index is 759. The Morgan fingerprint density at radius 3 is 2.33 bits per heavy atom. The fraction of sp³-hybridized carbons (Fsp3) is 0.105. The molecule has 1 nitrogen and oxygen atoms in total. The molecule has 104 valence electrons. The zero-order chi connectivity index (χ0) is 14.7. The van der Waals surface area contributed by atoms with Crippen LogP contribution in [0.3, 0.4) is 0 Å². The molecule has 2 heteroatoms. The Morgan fingerprint density at radius 2 is 1.52 bits per heavy atom. The summed E-state index contributed by atoms with van der Waals surface area (Å²) >= 11 is 5.61. The molecule has 1 unspecified atom stereocenters. The number of hydrogen-bond acceptors (Lipinski definition) is 1. The van der Waals surface area contributed by atoms with Crippen molar-refractivity contribution < 1.29 is 0 Å². The molecule has 0 saturated carbocycles. The lowest BCUT2D eigenvalue weighted by Crippen LogP contribution is -2.25. The van der Waals surface area contributed by atoms with Crippen molar-refractivity contribution in [2.45, 2.75) is 13.0 Å². The maximum atomic E-state index is 5.61. The molecule has 3 rings (SSSR count). The van der Waals surface area contributed by atoms with Crippen molar-refractivity contribution in [3.8, 4) is 0 Å². The lowest BCUT2D eigenvalue weighted by molar-refractivity contribution is 0.724. The summed E-state index contributed by atoms with van der Waals surface area (Å²) in [7, 11) is 0. The van der Waals surface area contributed by atoms with Gasteiger partial charge in [-0.1, -0.05) is 85.0 Å². The van der Waals surface area contributed by atoms with Crippen molar-refractivity contribution in [3.63, 3.8) is 0 Å². The van der Waals surface area contributed by atoms with E-state index in [4.69, 9.17) is 12.2 Å². The van der Waals surface area contributed by atoms with Crippen LogP contribution in [0.15, 0.2) is 72.8 Å². The van der Waals surface area contributed by atoms with E-state index in [0.717, 1.165) is 10.6 Å². The average molecular weight is 291 g/mol. The summed E-state index contributed by atoms with van der Waals surface area (Å²) in [5.41, 5.74) is 2.32. The molecule has 0 spiro atoms. The van der Waals surface area contributed by atoms with Gasteiger partial charge in [-0.05, 0) is 23.3 Å². The van der Waals surface area contributed by atoms with Crippen molar-refractivity contribution in [2.75, 3.05) is 0 Å². The molecular weight excluding hydrogens is 274 g/mol. The number of rotatable bonds is 3. The molecule has 0 aliphatic heterocycles. The quantitative estimate of drug-likeness (QED) is 0.691. The van der Waals surface area contributed by atoms with Crippen LogP contribution in [0.4, 0.5) is 0 Å². The van der Waals surface area contributed by atoms with Crippen LogP contribution in [-0.2, 0) is 0 Å². The highest BCUT2D eigenvalue weighted by Crippen LogP contribution is 2.20. The fourth-order valence-electron chi connectivity index (χ4n) is 2.52. The molecular formula is C19H17NS. The van der Waals surface area contributed by atoms with E-state index < -0.39 is 0 Å². The van der Waals surface area contributed by atoms with E-state index >= 15 is 0 Å². The second-order valence-electron chi connectivity index (χ2n) is 5.13. The summed E-state index contributed by atoms with van der Waals surface area (Å²) in [6.07, 6.45) is 0. The first-order valence-corrected chi connectivity index (χ1v) is 7.50. The Hall–Kier alpha value is -2.19. The molecule has 1 atom stereocenters. The molecule has 3 aromatic carbocycles. The minimum atomic E-state index is 0.192. The van der Waals surface area contributed by atoms with Gasteiger partial charge in [0.25, 0.3) is 0 Å². The first-order chi connectivity index (χ1) is 10.3. The van der Waals surface area contributed by atoms with E-state index in [-0.39, 0.29) is 6.04 Å². The number of fused-ring (bicyclic) bond motifs is 1. The average Bonchev–Trinajstić information content (AvgIpc) is 2.55. The molecule has 0 saturated heterocycles. The van der Waals surface area contributed by atoms with E-state index in [1.54, 1.807) is 0 Å². The van der Waals surface area contributed by atoms with Gasteiger partial charge in [0.1, 0.15) is 4.99 Å². The lowest BCUT2D eigenvalue weighted by atomic mass is 10.0. The SMILES string of the molecule is CC(NC(=S)c1cccc2ccccc12)c1ccccc1. The van der Waals surface area contributed by atoms with Crippen LogP contribution in [0.25, 0.3) is 10.8 Å². The van der Waals surface area contributed by atoms with Gasteiger partial charge in [0, 0.05) is 11.6 Å². The Balaban J connectivity index is 1.88. The van der Waals surface area contributed by atoms with Crippen LogP contribution < -0.4 is 5.32 Å². The highest BCUT2D eigenvalue weighted by atomic mass is 32.1. The molecule has 0 bridgehead atoms. The maximum absolute atomic E-state index is 5.61. The molecule has 0 heterocycles. The van der Waals surface area contributed by atoms with Gasteiger partial charge in [0.2, 0.25) is 0 Å². The third-order valence-corrected chi connectivity index (χ3v) is 4.02. The zero-order valence-corrected chi connectivity index (χ0v) is 12.7. The van der Waals surface area contributed by atoms with E-state index in [2.05, 4.69) is 79.0 Å². The van der Waals surface area contributed by atoms with Gasteiger partial charge < -0.3 is 5.32 Å². The molecule has 0 amide bonds. The molecule has 0 radical (unpaired) electrons. The third kappa shape index (κ3) is 2.96. The highest BCUT2D eigenvalue weighted by molar-refractivity contribution is 7.80. The highest BCUT2D eigenvalue weighted by Gasteiger charge is 2.10. The van der Waals surface area contributed by atoms with Crippen LogP contribution in [0, 0.1) is 0 Å². The summed E-state index contributed by atoms with van der Waals surface area (Å²) < 4.78 is 0. The molecule has 1 N–H and O–H groups in total. The number of hydrogen-bond donors (Lipinski definition) is 1. The molecule has 21 heavy (non-hydrogen) atoms. The van der Waals surface area contributed by atoms with Crippen LogP contribution in [0.1, 0.15) is 24.1 Å². The second-order valence-corrected chi connectivity index (χ2v) is 5.54. The Labute approximate surface area is 130 Å². The standard InChI is InChI=1S/C19H17NS/c1-14(15-8-3-2-4-9-15)20-19(21)18-13-7-11-16-10-5-6-12-17(16)18/h2-14H,1H3,(H,20,21). The van der Waals surface area contributed by atoms with Gasteiger partial charge in [-0.15, -0.1) is 0 Å². The van der Waals surface area contributed by atoms with E-state index in [1.807, 2.05) is 6.07 Å².